The van der Waals surface area contributed by atoms with Crippen LogP contribution in [-0.2, 0) is 37.2 Å². The summed E-state index contributed by atoms with van der Waals surface area (Å²) in [5.41, 5.74) is 11.5. The summed E-state index contributed by atoms with van der Waals surface area (Å²) in [4.78, 5) is 42.1. The molecule has 8 bridgehead atoms. The Morgan fingerprint density at radius 3 is 2.54 bits per heavy atom. The molecule has 0 radical (unpaired) electrons. The fraction of sp³-hybridized carbons (Fsp3) is 0.515. The number of ether oxygens (including phenoxy) is 1. The maximum atomic E-state index is 13.6. The molecule has 8 heteroatoms. The van der Waals surface area contributed by atoms with Gasteiger partial charge < -0.3 is 15.0 Å². The summed E-state index contributed by atoms with van der Waals surface area (Å²) < 4.78 is 5.27. The number of ketones is 1. The molecular formula is C33H38N4NiO3. The van der Waals surface area contributed by atoms with Crippen molar-refractivity contribution in [2.75, 3.05) is 7.11 Å². The van der Waals surface area contributed by atoms with Crippen molar-refractivity contribution < 1.29 is 30.8 Å². The largest absolute Gasteiger partial charge is 2.00 e. The zero-order valence-corrected chi connectivity index (χ0v) is 25.9. The summed E-state index contributed by atoms with van der Waals surface area (Å²) in [5.74, 6) is -0.793. The van der Waals surface area contributed by atoms with Gasteiger partial charge in [0.25, 0.3) is 0 Å². The molecule has 5 heterocycles. The fourth-order valence-corrected chi connectivity index (χ4v) is 7.39. The molecule has 0 aromatic carbocycles. The summed E-state index contributed by atoms with van der Waals surface area (Å²) >= 11 is 0. The van der Waals surface area contributed by atoms with E-state index in [2.05, 4.69) is 46.8 Å². The van der Waals surface area contributed by atoms with Gasteiger partial charge in [0.15, 0.2) is 5.78 Å². The minimum atomic E-state index is -0.602. The normalized spacial score (nSPS) is 32.9. The Morgan fingerprint density at radius 2 is 1.85 bits per heavy atom. The summed E-state index contributed by atoms with van der Waals surface area (Å²) in [6.07, 6.45) is 7.76. The third-order valence-electron chi connectivity index (χ3n) is 9.83. The van der Waals surface area contributed by atoms with Crippen LogP contribution in [0.2, 0.25) is 0 Å². The van der Waals surface area contributed by atoms with Crippen LogP contribution in [0.3, 0.4) is 0 Å². The zero-order valence-electron chi connectivity index (χ0n) is 24.9. The van der Waals surface area contributed by atoms with Crippen LogP contribution in [0.5, 0.6) is 0 Å². The maximum Gasteiger partial charge on any atom is 2.00 e. The monoisotopic (exact) mass is 596 g/mol. The topological polar surface area (TPSA) is 96.3 Å². The van der Waals surface area contributed by atoms with Gasteiger partial charge in [-0.1, -0.05) is 51.0 Å². The second-order valence-electron chi connectivity index (χ2n) is 11.8. The number of Topliss-reactive ketones (excluding diaryl/α,β-unsaturated/α-hetero) is 1. The van der Waals surface area contributed by atoms with Crippen LogP contribution in [0.4, 0.5) is 0 Å². The van der Waals surface area contributed by atoms with Crippen molar-refractivity contribution in [2.45, 2.75) is 79.7 Å². The summed E-state index contributed by atoms with van der Waals surface area (Å²) in [6.45, 7) is 12.8. The van der Waals surface area contributed by atoms with E-state index in [1.807, 2.05) is 6.92 Å². The van der Waals surface area contributed by atoms with E-state index in [0.717, 1.165) is 59.0 Å². The number of fused-ring (bicyclic) bond motifs is 6. The van der Waals surface area contributed by atoms with Gasteiger partial charge in [-0.3, -0.25) is 19.6 Å². The van der Waals surface area contributed by atoms with Gasteiger partial charge in [0.1, 0.15) is 0 Å². The van der Waals surface area contributed by atoms with Gasteiger partial charge in [0.2, 0.25) is 0 Å². The van der Waals surface area contributed by atoms with Crippen LogP contribution in [0.1, 0.15) is 82.8 Å². The quantitative estimate of drug-likeness (QED) is 0.303. The van der Waals surface area contributed by atoms with E-state index < -0.39 is 5.92 Å². The standard InChI is InChI=1S/C33H39N4O3.Ni/c1-8-19-15(3)22-12-24-17(5)21-10-11-28(38)30(31(21)36-24)32-29(33(39)40-7)18(6)25(37-32)14-27-20(9-2)16(4)23(35-27)13-26(19)34-22;/h12-13,17-18,21,25,29H,8-11,14H2,1-7H3,(H-,34,35,36,37,38);/q-1;+2/p-1/t17-,18?,21-,25?,29?;/m0./s1. The smallest absolute Gasteiger partial charge is 0.683 e. The molecule has 5 atom stereocenters. The number of carbonyl (C=O) groups is 2. The van der Waals surface area contributed by atoms with Crippen molar-refractivity contribution >= 4 is 35.3 Å². The minimum Gasteiger partial charge on any atom is -0.683 e. The number of hydrogen-bond donors (Lipinski definition) is 0. The van der Waals surface area contributed by atoms with Crippen LogP contribution in [0.15, 0.2) is 43.8 Å². The van der Waals surface area contributed by atoms with Gasteiger partial charge >= 0.3 is 22.5 Å². The minimum absolute atomic E-state index is 0. The van der Waals surface area contributed by atoms with Crippen molar-refractivity contribution in [3.63, 3.8) is 0 Å². The number of hydrogen-bond acceptors (Lipinski definition) is 5. The fourth-order valence-electron chi connectivity index (χ4n) is 7.39. The van der Waals surface area contributed by atoms with E-state index in [1.165, 1.54) is 23.8 Å². The van der Waals surface area contributed by atoms with E-state index in [1.54, 1.807) is 0 Å². The Kier molecular flexibility index (Phi) is 7.93. The first-order valence-corrected chi connectivity index (χ1v) is 14.7. The number of aliphatic imine (C=N–C) groups is 2. The first-order chi connectivity index (χ1) is 19.2. The van der Waals surface area contributed by atoms with Crippen molar-refractivity contribution in [1.29, 1.82) is 0 Å². The SMILES string of the molecule is CCC1=C(C)/C2=C/c3[n-]c(c(C)c3CC)\C=C3/N=C4/C(=C5\[N-]C(CC1=N2)C(C)C5C(=O)OC)C(=O)CC[C@H]4[C@@H]3C.[Ni+2]. The molecule has 1 saturated carbocycles. The van der Waals surface area contributed by atoms with E-state index >= 15 is 0 Å². The Labute approximate surface area is 252 Å². The molecule has 1 aliphatic carbocycles. The number of allylic oxidation sites excluding steroid dienone is 4. The molecule has 0 spiro atoms. The molecule has 1 aromatic rings. The van der Waals surface area contributed by atoms with Crippen molar-refractivity contribution in [1.82, 2.24) is 4.98 Å². The van der Waals surface area contributed by atoms with Gasteiger partial charge in [-0.2, -0.15) is 0 Å². The second kappa shape index (κ2) is 11.0. The van der Waals surface area contributed by atoms with Gasteiger partial charge in [-0.15, -0.1) is 23.1 Å². The Morgan fingerprint density at radius 1 is 1.10 bits per heavy atom. The molecule has 7 nitrogen and oxygen atoms in total. The van der Waals surface area contributed by atoms with Crippen molar-refractivity contribution in [2.24, 2.45) is 33.7 Å². The Hall–Kier alpha value is -2.99. The zero-order chi connectivity index (χ0) is 28.5. The van der Waals surface area contributed by atoms with Gasteiger partial charge in [-0.05, 0) is 56.6 Å². The Bertz CT molecular complexity index is 1520. The van der Waals surface area contributed by atoms with Crippen molar-refractivity contribution in [3.05, 3.63) is 61.6 Å². The van der Waals surface area contributed by atoms with E-state index in [-0.39, 0.29) is 52.0 Å². The van der Waals surface area contributed by atoms with Crippen molar-refractivity contribution in [3.8, 4) is 0 Å². The van der Waals surface area contributed by atoms with Gasteiger partial charge in [-0.25, -0.2) is 0 Å². The predicted octanol–water partition coefficient (Wildman–Crippen LogP) is 6.28. The number of esters is 1. The van der Waals surface area contributed by atoms with Crippen LogP contribution >= 0.6 is 0 Å². The van der Waals surface area contributed by atoms with Crippen LogP contribution in [0.25, 0.3) is 17.5 Å². The first kappa shape index (κ1) is 29.5. The number of rotatable bonds is 3. The molecule has 2 fully saturated rings. The number of methoxy groups -OCH3 is 1. The van der Waals surface area contributed by atoms with Gasteiger partial charge in [0.05, 0.1) is 24.4 Å². The molecular weight excluding hydrogens is 559 g/mol. The van der Waals surface area contributed by atoms with Crippen LogP contribution in [0, 0.1) is 30.6 Å². The predicted molar refractivity (Wildman–Crippen MR) is 158 cm³/mol. The molecule has 1 aromatic heterocycles. The third-order valence-corrected chi connectivity index (χ3v) is 9.83. The number of carbonyl (C=O) groups excluding carboxylic acids is 2. The molecule has 5 aliphatic rings. The molecule has 0 amide bonds. The molecule has 3 unspecified atom stereocenters. The summed E-state index contributed by atoms with van der Waals surface area (Å²) in [7, 11) is 1.41. The van der Waals surface area contributed by atoms with E-state index in [4.69, 9.17) is 25.0 Å². The Balaban J connectivity index is 0.00000337. The first-order valence-electron chi connectivity index (χ1n) is 14.7. The van der Waals surface area contributed by atoms with Crippen LogP contribution < -0.4 is 4.98 Å². The molecule has 4 aliphatic heterocycles. The molecule has 6 rings (SSSR count). The number of aromatic nitrogens is 1. The average Bonchev–Trinajstić information content (AvgIpc) is 3.61. The number of nitrogens with zero attached hydrogens (tertiary/aromatic N) is 4. The van der Waals surface area contributed by atoms with Crippen LogP contribution in [-0.4, -0.2) is 36.3 Å². The second-order valence-corrected chi connectivity index (χ2v) is 11.8. The molecule has 1 saturated heterocycles. The molecule has 41 heavy (non-hydrogen) atoms. The summed E-state index contributed by atoms with van der Waals surface area (Å²) in [5, 5.41) is 5.15. The van der Waals surface area contributed by atoms with Gasteiger partial charge in [0, 0.05) is 35.2 Å². The third kappa shape index (κ3) is 4.54. The van der Waals surface area contributed by atoms with E-state index in [0.29, 0.717) is 24.1 Å². The summed E-state index contributed by atoms with van der Waals surface area (Å²) in [6, 6.07) is -0.188. The average molecular weight is 597 g/mol. The molecule has 218 valence electrons. The van der Waals surface area contributed by atoms with E-state index in [9.17, 15) is 9.59 Å². The maximum absolute atomic E-state index is 13.6. The molecule has 0 N–H and O–H groups in total.